The highest BCUT2D eigenvalue weighted by Crippen LogP contribution is 2.65. The first-order chi connectivity index (χ1) is 71.4. The monoisotopic (exact) mass is 1930 g/mol. The average molecular weight is 1930 g/mol. The summed E-state index contributed by atoms with van der Waals surface area (Å²) in [7, 11) is 0. The Balaban J connectivity index is 0.000000126. The largest absolute Gasteiger partial charge is 0.310 e. The van der Waals surface area contributed by atoms with Crippen molar-refractivity contribution in [2.75, 3.05) is 4.90 Å². The van der Waals surface area contributed by atoms with Crippen molar-refractivity contribution in [3.8, 4) is 114 Å². The predicted octanol–water partition coefficient (Wildman–Crippen LogP) is 32.3. The van der Waals surface area contributed by atoms with E-state index >= 15 is 26.3 Å². The van der Waals surface area contributed by atoms with E-state index in [2.05, 4.69) is 338 Å². The average Bonchev–Trinajstić information content (AvgIpc) is 1.54. The maximum absolute atomic E-state index is 15.0. The van der Waals surface area contributed by atoms with Gasteiger partial charge in [-0.15, -0.1) is 0 Å². The van der Waals surface area contributed by atoms with Gasteiger partial charge in [-0.3, -0.25) is 0 Å². The maximum Gasteiger partial charge on any atom is 0.262 e. The van der Waals surface area contributed by atoms with Gasteiger partial charge in [0.15, 0.2) is 69.8 Å². The highest BCUT2D eigenvalue weighted by Gasteiger charge is 2.53. The number of rotatable bonds is 11. The summed E-state index contributed by atoms with van der Waals surface area (Å²) in [4.78, 5) is 27.8. The number of fused-ring (bicyclic) bond motifs is 19. The number of aromatic nitrogens is 4. The van der Waals surface area contributed by atoms with Gasteiger partial charge in [-0.1, -0.05) is 293 Å². The van der Waals surface area contributed by atoms with Gasteiger partial charge in [-0.2, -0.15) is 21.0 Å². The van der Waals surface area contributed by atoms with Gasteiger partial charge < -0.3 is 4.90 Å². The number of allylic oxidation sites excluding steroid dienone is 5. The molecule has 147 heavy (non-hydrogen) atoms. The first kappa shape index (κ1) is 92.3. The quantitative estimate of drug-likeness (QED) is 0.0404. The Kier molecular flexibility index (Phi) is 22.9. The molecule has 0 aliphatic heterocycles. The third-order valence-corrected chi connectivity index (χ3v) is 27.5. The first-order valence-electron chi connectivity index (χ1n) is 45.9. The highest BCUT2D eigenvalue weighted by molar-refractivity contribution is 6.12. The van der Waals surface area contributed by atoms with Crippen LogP contribution in [0.1, 0.15) is 75.0 Å². The lowest BCUT2D eigenvalue weighted by Gasteiger charge is -2.32. The lowest BCUT2D eigenvalue weighted by Crippen LogP contribution is -2.26. The molecule has 11 nitrogen and oxygen atoms in total. The summed E-state index contributed by atoms with van der Waals surface area (Å²) < 4.78 is 177. The van der Waals surface area contributed by atoms with Crippen LogP contribution >= 0.6 is 0 Å². The smallest absolute Gasteiger partial charge is 0.262 e. The Hall–Kier alpha value is -19.7. The van der Waals surface area contributed by atoms with Crippen molar-refractivity contribution >= 4 is 83.2 Å². The minimum Gasteiger partial charge on any atom is -0.310 e. The summed E-state index contributed by atoms with van der Waals surface area (Å²) in [5.41, 5.74) is 11.6. The van der Waals surface area contributed by atoms with E-state index in [-0.39, 0.29) is 5.41 Å². The summed E-state index contributed by atoms with van der Waals surface area (Å²) in [5, 5.41) is 41.6. The third-order valence-electron chi connectivity index (χ3n) is 27.5. The van der Waals surface area contributed by atoms with E-state index < -0.39 is 142 Å². The number of benzene rings is 16. The fourth-order valence-corrected chi connectivity index (χ4v) is 20.6. The van der Waals surface area contributed by atoms with Crippen molar-refractivity contribution < 1.29 is 52.7 Å². The zero-order valence-electron chi connectivity index (χ0n) is 76.9. The second-order valence-electron chi connectivity index (χ2n) is 35.7. The summed E-state index contributed by atoms with van der Waals surface area (Å²) in [6.45, 7) is 18.8. The molecule has 698 valence electrons. The molecule has 0 unspecified atom stereocenters. The zero-order chi connectivity index (χ0) is 102. The fourth-order valence-electron chi connectivity index (χ4n) is 20.6. The summed E-state index contributed by atoms with van der Waals surface area (Å²) >= 11 is 0. The highest BCUT2D eigenvalue weighted by atomic mass is 19.2. The lowest BCUT2D eigenvalue weighted by molar-refractivity contribution is 0.446. The van der Waals surface area contributed by atoms with Crippen LogP contribution in [0.3, 0.4) is 0 Å². The van der Waals surface area contributed by atoms with Crippen molar-refractivity contribution in [2.45, 2.75) is 24.7 Å². The second kappa shape index (κ2) is 36.4. The molecule has 4 aliphatic rings. The number of pyridine rings is 4. The minimum absolute atomic E-state index is 0.111. The molecule has 16 aromatic carbocycles. The van der Waals surface area contributed by atoms with Crippen molar-refractivity contribution in [3.05, 3.63) is 516 Å². The number of hydrogen-bond donors (Lipinski definition) is 0. The van der Waals surface area contributed by atoms with Crippen molar-refractivity contribution in [1.82, 2.24) is 19.9 Å². The Morgan fingerprint density at radius 3 is 0.986 bits per heavy atom. The molecular formula is C124H63F12N11. The molecular weight excluding hydrogens is 1870 g/mol. The van der Waals surface area contributed by atoms with Crippen LogP contribution in [-0.2, 0) is 10.8 Å². The predicted molar refractivity (Wildman–Crippen MR) is 543 cm³/mol. The lowest BCUT2D eigenvalue weighted by atomic mass is 9.70. The molecule has 20 aromatic rings. The summed E-state index contributed by atoms with van der Waals surface area (Å²) in [6, 6.07) is 128. The van der Waals surface area contributed by atoms with E-state index in [9.17, 15) is 36.9 Å². The molecule has 0 atom stereocenters. The molecule has 1 fully saturated rings. The van der Waals surface area contributed by atoms with Crippen molar-refractivity contribution in [3.63, 3.8) is 0 Å². The maximum atomic E-state index is 15.0. The van der Waals surface area contributed by atoms with Gasteiger partial charge in [0.25, 0.3) is 5.69 Å². The topological polar surface area (TPSA) is 159 Å². The van der Waals surface area contributed by atoms with Crippen LogP contribution in [0.15, 0.2) is 363 Å². The van der Waals surface area contributed by atoms with Crippen molar-refractivity contribution in [2.24, 2.45) is 0 Å². The molecule has 4 aromatic heterocycles. The van der Waals surface area contributed by atoms with Gasteiger partial charge in [-0.05, 0) is 161 Å². The first-order valence-corrected chi connectivity index (χ1v) is 45.9. The van der Waals surface area contributed by atoms with Crippen LogP contribution in [0.25, 0.3) is 160 Å². The molecule has 0 saturated heterocycles. The van der Waals surface area contributed by atoms with Gasteiger partial charge in [0, 0.05) is 66.3 Å². The van der Waals surface area contributed by atoms with E-state index in [1.807, 2.05) is 36.4 Å². The number of nitriles is 4. The van der Waals surface area contributed by atoms with Crippen LogP contribution < -0.4 is 4.90 Å². The molecule has 1 saturated carbocycles. The van der Waals surface area contributed by atoms with E-state index in [0.29, 0.717) is 0 Å². The van der Waals surface area contributed by atoms with Crippen LogP contribution in [0.5, 0.6) is 0 Å². The summed E-state index contributed by atoms with van der Waals surface area (Å²) in [5.74, 6) is -29.7. The van der Waals surface area contributed by atoms with Gasteiger partial charge in [0.2, 0.25) is 5.70 Å². The molecule has 0 amide bonds. The fraction of sp³-hybridized carbons (Fsp3) is 0.0323. The standard InChI is InChI=1S/C52H37N.C42H26N4.C30F12N6/c1-51(2)45-23-10-6-19-39(45)43-29-27-37(32-49(43)51)53(36-18-14-17-35(31-36)34-15-4-3-5-16-34)38-28-30-44-42-22-9-13-26-48(42)52(50(44)33-38)46-24-11-7-20-40(46)41-21-8-12-25-47(41)52;1-3-8-27(9-4-1)35-22-18-29-14-16-31-20-24-37(45-41(31)39(29)43-35)33-12-7-13-34(26-33)38-25-21-32-17-15-30-19-23-36(28-10-5-2-6-11-28)44-40(30)42(32)46-38;1-47-29(16-25(39)19(33)10(6-46)20(34)26(16)40)15-11(7(3-43)13-21(35)17(31)9(5-45)18(32)22(13)36)12(15)8(4-44)14-23(37)27(41)30(48-2)28(42)24(14)38/h3-33H,1-2H3;1-26H;. The zero-order valence-corrected chi connectivity index (χ0v) is 76.9. The number of anilines is 3. The third kappa shape index (κ3) is 14.9. The van der Waals surface area contributed by atoms with E-state index in [1.165, 1.54) is 77.9 Å². The van der Waals surface area contributed by atoms with Gasteiger partial charge in [-0.25, -0.2) is 82.3 Å². The van der Waals surface area contributed by atoms with Crippen LogP contribution in [-0.4, -0.2) is 19.9 Å². The molecule has 0 bridgehead atoms. The molecule has 4 heterocycles. The summed E-state index contributed by atoms with van der Waals surface area (Å²) in [6.07, 6.45) is 0. The Bertz CT molecular complexity index is 8920. The molecule has 0 N–H and O–H groups in total. The van der Waals surface area contributed by atoms with Gasteiger partial charge in [0.1, 0.15) is 35.4 Å². The van der Waals surface area contributed by atoms with Crippen LogP contribution in [0, 0.1) is 128 Å². The van der Waals surface area contributed by atoms with Crippen LogP contribution in [0.4, 0.5) is 75.4 Å². The number of hydrogen-bond acceptors (Lipinski definition) is 9. The molecule has 1 spiro atoms. The molecule has 24 rings (SSSR count). The number of nitrogens with zero attached hydrogens (tertiary/aromatic N) is 11. The Labute approximate surface area is 831 Å². The van der Waals surface area contributed by atoms with Crippen molar-refractivity contribution in [1.29, 1.82) is 21.0 Å². The van der Waals surface area contributed by atoms with Crippen LogP contribution in [0.2, 0.25) is 0 Å². The Morgan fingerprint density at radius 1 is 0.279 bits per heavy atom. The SMILES string of the molecule is CC1(C)c2ccccc2-c2ccc(N(c3cccc(-c4ccccc4)c3)c3ccc4c(c3)C3(c5ccccc5-c5ccccc53)c3ccccc3-4)cc21.[C-]#[N+]C(=C1C(=C(C#N)c2c(F)c(F)c(C#N)c(F)c2F)C1=C(C#N)c1c(F)c(F)c([N+]#[C-])c(F)c1F)c1c(F)c(F)c(C#N)c(F)c1F.c1ccc(-c2ccc3ccc4ccc(-c5cccc(-c6ccc7ccc8ccc(-c9ccccc9)nc8c7n6)c5)nc4c3n2)cc1. The normalized spacial score (nSPS) is 13.7. The molecule has 0 radical (unpaired) electrons. The minimum atomic E-state index is -2.52. The molecule has 4 aliphatic carbocycles. The number of halogens is 12. The van der Waals surface area contributed by atoms with E-state index in [1.54, 1.807) is 0 Å². The van der Waals surface area contributed by atoms with Gasteiger partial charge in [0.05, 0.1) is 91.2 Å². The van der Waals surface area contributed by atoms with E-state index in [4.69, 9.17) is 43.6 Å². The van der Waals surface area contributed by atoms with E-state index in [0.717, 1.165) is 130 Å². The van der Waals surface area contributed by atoms with Gasteiger partial charge >= 0.3 is 0 Å². The molecule has 23 heteroatoms. The second-order valence-corrected chi connectivity index (χ2v) is 35.7. The Morgan fingerprint density at radius 2 is 0.592 bits per heavy atom.